The Kier molecular flexibility index (Phi) is 3.52. The Labute approximate surface area is 78.0 Å². The molecule has 1 heterocycles. The van der Waals surface area contributed by atoms with Crippen LogP contribution in [0.2, 0.25) is 0 Å². The number of anilines is 2. The van der Waals surface area contributed by atoms with Crippen molar-refractivity contribution in [2.45, 2.75) is 6.92 Å². The van der Waals surface area contributed by atoms with E-state index in [4.69, 9.17) is 10.8 Å². The number of pyridine rings is 1. The number of aliphatic hydroxyl groups excluding tert-OH is 1. The van der Waals surface area contributed by atoms with Gasteiger partial charge in [0.2, 0.25) is 0 Å². The van der Waals surface area contributed by atoms with Crippen molar-refractivity contribution in [2.75, 3.05) is 30.3 Å². The molecule has 0 saturated carbocycles. The molecule has 0 aromatic carbocycles. The number of rotatable bonds is 4. The molecule has 0 bridgehead atoms. The van der Waals surface area contributed by atoms with Crippen molar-refractivity contribution in [1.29, 1.82) is 0 Å². The zero-order valence-electron chi connectivity index (χ0n) is 7.77. The van der Waals surface area contributed by atoms with Gasteiger partial charge in [0.15, 0.2) is 0 Å². The van der Waals surface area contributed by atoms with Gasteiger partial charge in [-0.25, -0.2) is 4.98 Å². The van der Waals surface area contributed by atoms with Crippen LogP contribution in [-0.4, -0.2) is 29.8 Å². The van der Waals surface area contributed by atoms with Crippen LogP contribution in [0.5, 0.6) is 0 Å². The Balaban J connectivity index is 2.84. The average molecular weight is 181 g/mol. The largest absolute Gasteiger partial charge is 0.395 e. The molecule has 13 heavy (non-hydrogen) atoms. The van der Waals surface area contributed by atoms with Crippen LogP contribution >= 0.6 is 0 Å². The van der Waals surface area contributed by atoms with Crippen LogP contribution in [0.4, 0.5) is 11.5 Å². The molecule has 0 aliphatic rings. The third-order valence-electron chi connectivity index (χ3n) is 1.91. The molecule has 0 aliphatic heterocycles. The molecular weight excluding hydrogens is 166 g/mol. The van der Waals surface area contributed by atoms with E-state index in [0.717, 1.165) is 12.2 Å². The molecule has 0 amide bonds. The van der Waals surface area contributed by atoms with Crippen molar-refractivity contribution < 1.29 is 5.11 Å². The molecule has 0 aliphatic carbocycles. The Morgan fingerprint density at radius 2 is 2.38 bits per heavy atom. The number of likely N-dealkylation sites (N-methyl/N-ethyl adjacent to an activating group) is 1. The van der Waals surface area contributed by atoms with Crippen molar-refractivity contribution in [3.63, 3.8) is 0 Å². The lowest BCUT2D eigenvalue weighted by Crippen LogP contribution is -2.27. The van der Waals surface area contributed by atoms with Gasteiger partial charge in [-0.05, 0) is 19.1 Å². The summed E-state index contributed by atoms with van der Waals surface area (Å²) in [5, 5.41) is 8.82. The molecule has 0 saturated heterocycles. The van der Waals surface area contributed by atoms with Gasteiger partial charge in [-0.3, -0.25) is 0 Å². The number of hydrogen-bond donors (Lipinski definition) is 2. The number of aromatic nitrogens is 1. The van der Waals surface area contributed by atoms with E-state index in [-0.39, 0.29) is 6.61 Å². The maximum atomic E-state index is 8.82. The minimum absolute atomic E-state index is 0.127. The van der Waals surface area contributed by atoms with Gasteiger partial charge in [0.1, 0.15) is 5.82 Å². The second-order valence-corrected chi connectivity index (χ2v) is 2.71. The number of hydrogen-bond acceptors (Lipinski definition) is 4. The topological polar surface area (TPSA) is 62.4 Å². The predicted octanol–water partition coefficient (Wildman–Crippen LogP) is 0.482. The first-order valence-electron chi connectivity index (χ1n) is 4.36. The summed E-state index contributed by atoms with van der Waals surface area (Å²) in [4.78, 5) is 5.97. The maximum Gasteiger partial charge on any atom is 0.146 e. The molecule has 72 valence electrons. The Morgan fingerprint density at radius 1 is 1.62 bits per heavy atom. The predicted molar refractivity (Wildman–Crippen MR) is 53.6 cm³/mol. The number of aliphatic hydroxyl groups is 1. The van der Waals surface area contributed by atoms with Gasteiger partial charge in [0.25, 0.3) is 0 Å². The van der Waals surface area contributed by atoms with Crippen LogP contribution in [0.15, 0.2) is 18.3 Å². The first-order valence-corrected chi connectivity index (χ1v) is 4.36. The van der Waals surface area contributed by atoms with E-state index in [1.54, 1.807) is 6.20 Å². The zero-order chi connectivity index (χ0) is 9.68. The highest BCUT2D eigenvalue weighted by Crippen LogP contribution is 2.18. The van der Waals surface area contributed by atoms with E-state index in [0.29, 0.717) is 12.4 Å². The monoisotopic (exact) mass is 181 g/mol. The Bertz CT molecular complexity index is 265. The summed E-state index contributed by atoms with van der Waals surface area (Å²) < 4.78 is 0. The third-order valence-corrected chi connectivity index (χ3v) is 1.91. The van der Waals surface area contributed by atoms with Gasteiger partial charge < -0.3 is 15.7 Å². The molecule has 4 nitrogen and oxygen atoms in total. The maximum absolute atomic E-state index is 8.82. The summed E-state index contributed by atoms with van der Waals surface area (Å²) in [5.41, 5.74) is 6.58. The van der Waals surface area contributed by atoms with Gasteiger partial charge in [-0.2, -0.15) is 0 Å². The second-order valence-electron chi connectivity index (χ2n) is 2.71. The van der Waals surface area contributed by atoms with Gasteiger partial charge in [-0.15, -0.1) is 0 Å². The molecule has 3 N–H and O–H groups in total. The van der Waals surface area contributed by atoms with E-state index in [9.17, 15) is 0 Å². The minimum atomic E-state index is 0.127. The smallest absolute Gasteiger partial charge is 0.146 e. The van der Waals surface area contributed by atoms with Gasteiger partial charge in [0.05, 0.1) is 12.3 Å². The van der Waals surface area contributed by atoms with Crippen molar-refractivity contribution in [3.05, 3.63) is 18.3 Å². The number of nitrogens with two attached hydrogens (primary N) is 1. The summed E-state index contributed by atoms with van der Waals surface area (Å²) in [5.74, 6) is 0.512. The molecule has 0 unspecified atom stereocenters. The SMILES string of the molecule is CCN(CCO)c1cccnc1N. The number of nitrogen functional groups attached to an aromatic ring is 1. The first-order chi connectivity index (χ1) is 6.29. The van der Waals surface area contributed by atoms with E-state index >= 15 is 0 Å². The minimum Gasteiger partial charge on any atom is -0.395 e. The van der Waals surface area contributed by atoms with Crippen LogP contribution in [0.25, 0.3) is 0 Å². The quantitative estimate of drug-likeness (QED) is 0.709. The molecule has 0 atom stereocenters. The van der Waals surface area contributed by atoms with Crippen molar-refractivity contribution in [2.24, 2.45) is 0 Å². The molecule has 1 rings (SSSR count). The van der Waals surface area contributed by atoms with E-state index in [1.807, 2.05) is 24.0 Å². The van der Waals surface area contributed by atoms with Gasteiger partial charge in [0, 0.05) is 19.3 Å². The van der Waals surface area contributed by atoms with Crippen LogP contribution in [0.3, 0.4) is 0 Å². The lowest BCUT2D eigenvalue weighted by atomic mass is 10.3. The lowest BCUT2D eigenvalue weighted by molar-refractivity contribution is 0.302. The standard InChI is InChI=1S/C9H15N3O/c1-2-12(6-7-13)8-4-3-5-11-9(8)10/h3-5,13H,2,6-7H2,1H3,(H2,10,11). The van der Waals surface area contributed by atoms with Crippen molar-refractivity contribution >= 4 is 11.5 Å². The highest BCUT2D eigenvalue weighted by atomic mass is 16.3. The fourth-order valence-electron chi connectivity index (χ4n) is 1.25. The van der Waals surface area contributed by atoms with E-state index in [2.05, 4.69) is 4.98 Å². The van der Waals surface area contributed by atoms with Gasteiger partial charge >= 0.3 is 0 Å². The summed E-state index contributed by atoms with van der Waals surface area (Å²) >= 11 is 0. The van der Waals surface area contributed by atoms with Crippen LogP contribution < -0.4 is 10.6 Å². The molecule has 1 aromatic heterocycles. The molecule has 4 heteroatoms. The zero-order valence-corrected chi connectivity index (χ0v) is 7.77. The molecule has 1 aromatic rings. The second kappa shape index (κ2) is 4.67. The normalized spacial score (nSPS) is 10.0. The Hall–Kier alpha value is -1.29. The highest BCUT2D eigenvalue weighted by molar-refractivity contribution is 5.62. The summed E-state index contributed by atoms with van der Waals surface area (Å²) in [6.07, 6.45) is 1.66. The van der Waals surface area contributed by atoms with Crippen LogP contribution in [0, 0.1) is 0 Å². The Morgan fingerprint density at radius 3 is 2.92 bits per heavy atom. The van der Waals surface area contributed by atoms with E-state index in [1.165, 1.54) is 0 Å². The average Bonchev–Trinajstić information content (AvgIpc) is 2.16. The fourth-order valence-corrected chi connectivity index (χ4v) is 1.25. The summed E-state index contributed by atoms with van der Waals surface area (Å²) in [6.45, 7) is 3.55. The summed E-state index contributed by atoms with van der Waals surface area (Å²) in [6, 6.07) is 3.74. The lowest BCUT2D eigenvalue weighted by Gasteiger charge is -2.22. The fraction of sp³-hybridized carbons (Fsp3) is 0.444. The molecule has 0 radical (unpaired) electrons. The molecule has 0 fully saturated rings. The van der Waals surface area contributed by atoms with Crippen LogP contribution in [-0.2, 0) is 0 Å². The van der Waals surface area contributed by atoms with Gasteiger partial charge in [-0.1, -0.05) is 0 Å². The first kappa shape index (κ1) is 9.80. The molecular formula is C9H15N3O. The highest BCUT2D eigenvalue weighted by Gasteiger charge is 2.06. The summed E-state index contributed by atoms with van der Waals surface area (Å²) in [7, 11) is 0. The van der Waals surface area contributed by atoms with E-state index < -0.39 is 0 Å². The number of nitrogens with zero attached hydrogens (tertiary/aromatic N) is 2. The molecule has 0 spiro atoms. The van der Waals surface area contributed by atoms with Crippen molar-refractivity contribution in [3.8, 4) is 0 Å². The third kappa shape index (κ3) is 2.32. The van der Waals surface area contributed by atoms with Crippen LogP contribution in [0.1, 0.15) is 6.92 Å². The van der Waals surface area contributed by atoms with Crippen molar-refractivity contribution in [1.82, 2.24) is 4.98 Å².